The fourth-order valence-corrected chi connectivity index (χ4v) is 2.15. The molecule has 1 heterocycles. The average molecular weight is 301 g/mol. The Balaban J connectivity index is 2.82. The molecule has 1 aromatic rings. The van der Waals surface area contributed by atoms with E-state index in [1.165, 1.54) is 6.33 Å². The third kappa shape index (κ3) is 5.70. The van der Waals surface area contributed by atoms with Gasteiger partial charge in [-0.15, -0.1) is 0 Å². The summed E-state index contributed by atoms with van der Waals surface area (Å²) in [5.41, 5.74) is 0.984. The van der Waals surface area contributed by atoms with Crippen molar-refractivity contribution in [1.29, 1.82) is 0 Å². The summed E-state index contributed by atoms with van der Waals surface area (Å²) in [6, 6.07) is 0. The highest BCUT2D eigenvalue weighted by Crippen LogP contribution is 2.21. The van der Waals surface area contributed by atoms with Crippen LogP contribution in [0.3, 0.4) is 0 Å². The minimum atomic E-state index is -3.47. The molecule has 7 nitrogen and oxygen atoms in total. The van der Waals surface area contributed by atoms with Gasteiger partial charge in [0.25, 0.3) is 0 Å². The van der Waals surface area contributed by atoms with Crippen molar-refractivity contribution in [2.24, 2.45) is 5.14 Å². The van der Waals surface area contributed by atoms with E-state index in [9.17, 15) is 8.42 Å². The SMILES string of the molecule is CCCNc1ncnc(NCCS(N)(=O)=O)c1CCC. The predicted molar refractivity (Wildman–Crippen MR) is 81.3 cm³/mol. The number of nitrogens with two attached hydrogens (primary N) is 1. The molecule has 20 heavy (non-hydrogen) atoms. The minimum absolute atomic E-state index is 0.125. The van der Waals surface area contributed by atoms with Crippen molar-refractivity contribution in [3.8, 4) is 0 Å². The van der Waals surface area contributed by atoms with Gasteiger partial charge in [0.2, 0.25) is 10.0 Å². The summed E-state index contributed by atoms with van der Waals surface area (Å²) in [4.78, 5) is 8.43. The van der Waals surface area contributed by atoms with Crippen LogP contribution < -0.4 is 15.8 Å². The van der Waals surface area contributed by atoms with Crippen LogP contribution in [0.2, 0.25) is 0 Å². The van der Waals surface area contributed by atoms with Crippen molar-refractivity contribution < 1.29 is 8.42 Å². The molecule has 1 rings (SSSR count). The van der Waals surface area contributed by atoms with Gasteiger partial charge in [-0.3, -0.25) is 0 Å². The van der Waals surface area contributed by atoms with Gasteiger partial charge in [0.05, 0.1) is 5.75 Å². The second-order valence-electron chi connectivity index (χ2n) is 4.52. The number of rotatable bonds is 9. The molecule has 114 valence electrons. The Hall–Kier alpha value is -1.41. The first-order chi connectivity index (χ1) is 9.48. The predicted octanol–water partition coefficient (Wildman–Crippen LogP) is 0.951. The van der Waals surface area contributed by atoms with E-state index in [0.717, 1.165) is 37.2 Å². The van der Waals surface area contributed by atoms with Crippen LogP contribution in [0.15, 0.2) is 6.33 Å². The zero-order valence-corrected chi connectivity index (χ0v) is 12.8. The van der Waals surface area contributed by atoms with Crippen LogP contribution in [0.5, 0.6) is 0 Å². The molecule has 1 aromatic heterocycles. The highest BCUT2D eigenvalue weighted by atomic mass is 32.2. The zero-order chi connectivity index (χ0) is 15.0. The summed E-state index contributed by atoms with van der Waals surface area (Å²) in [6.07, 6.45) is 4.25. The Morgan fingerprint density at radius 3 is 2.20 bits per heavy atom. The van der Waals surface area contributed by atoms with E-state index in [1.807, 2.05) is 0 Å². The van der Waals surface area contributed by atoms with E-state index in [0.29, 0.717) is 5.82 Å². The molecule has 8 heteroatoms. The van der Waals surface area contributed by atoms with Crippen molar-refractivity contribution in [2.75, 3.05) is 29.5 Å². The number of nitrogens with one attached hydrogen (secondary N) is 2. The molecule has 0 aliphatic carbocycles. The third-order valence-electron chi connectivity index (χ3n) is 2.67. The number of anilines is 2. The largest absolute Gasteiger partial charge is 0.370 e. The van der Waals surface area contributed by atoms with Gasteiger partial charge in [0, 0.05) is 18.7 Å². The van der Waals surface area contributed by atoms with E-state index in [2.05, 4.69) is 34.4 Å². The summed E-state index contributed by atoms with van der Waals surface area (Å²) in [5, 5.41) is 11.3. The molecule has 0 aromatic carbocycles. The first-order valence-corrected chi connectivity index (χ1v) is 8.51. The van der Waals surface area contributed by atoms with Crippen LogP contribution in [0, 0.1) is 0 Å². The van der Waals surface area contributed by atoms with Gasteiger partial charge in [0.1, 0.15) is 18.0 Å². The highest BCUT2D eigenvalue weighted by Gasteiger charge is 2.11. The van der Waals surface area contributed by atoms with Gasteiger partial charge in [-0.25, -0.2) is 23.5 Å². The van der Waals surface area contributed by atoms with Crippen LogP contribution in [-0.2, 0) is 16.4 Å². The summed E-state index contributed by atoms with van der Waals surface area (Å²) in [6.45, 7) is 5.23. The molecule has 0 bridgehead atoms. The number of hydrogen-bond acceptors (Lipinski definition) is 6. The lowest BCUT2D eigenvalue weighted by atomic mass is 10.1. The van der Waals surface area contributed by atoms with Gasteiger partial charge in [-0.05, 0) is 12.8 Å². The smallest absolute Gasteiger partial charge is 0.210 e. The Bertz CT molecular complexity index is 519. The summed E-state index contributed by atoms with van der Waals surface area (Å²) in [7, 11) is -3.47. The van der Waals surface area contributed by atoms with Crippen molar-refractivity contribution >= 4 is 21.7 Å². The summed E-state index contributed by atoms with van der Waals surface area (Å²) in [5.74, 6) is 1.35. The van der Waals surface area contributed by atoms with E-state index in [-0.39, 0.29) is 12.3 Å². The third-order valence-corrected chi connectivity index (χ3v) is 3.44. The molecule has 0 atom stereocenters. The minimum Gasteiger partial charge on any atom is -0.370 e. The number of sulfonamides is 1. The number of nitrogens with zero attached hydrogens (tertiary/aromatic N) is 2. The fourth-order valence-electron chi connectivity index (χ4n) is 1.76. The molecule has 0 radical (unpaired) electrons. The van der Waals surface area contributed by atoms with Crippen molar-refractivity contribution in [1.82, 2.24) is 9.97 Å². The lowest BCUT2D eigenvalue weighted by Crippen LogP contribution is -2.23. The molecule has 0 unspecified atom stereocenters. The van der Waals surface area contributed by atoms with E-state index < -0.39 is 10.0 Å². The first kappa shape index (κ1) is 16.6. The standard InChI is InChI=1S/C12H23N5O2S/c1-3-5-10-11(14-6-4-2)16-9-17-12(10)15-7-8-20(13,18)19/h9H,3-8H2,1-2H3,(H2,13,18,19)(H2,14,15,16,17). The Morgan fingerprint density at radius 2 is 1.70 bits per heavy atom. The van der Waals surface area contributed by atoms with Crippen LogP contribution >= 0.6 is 0 Å². The first-order valence-electron chi connectivity index (χ1n) is 6.80. The van der Waals surface area contributed by atoms with Crippen LogP contribution in [0.4, 0.5) is 11.6 Å². The second-order valence-corrected chi connectivity index (χ2v) is 6.25. The molecular weight excluding hydrogens is 278 g/mol. The molecule has 0 aliphatic rings. The van der Waals surface area contributed by atoms with Gasteiger partial charge in [-0.2, -0.15) is 0 Å². The van der Waals surface area contributed by atoms with Gasteiger partial charge in [0.15, 0.2) is 0 Å². The van der Waals surface area contributed by atoms with Crippen molar-refractivity contribution in [3.05, 3.63) is 11.9 Å². The summed E-state index contributed by atoms with van der Waals surface area (Å²) >= 11 is 0. The van der Waals surface area contributed by atoms with E-state index in [1.54, 1.807) is 0 Å². The molecular formula is C12H23N5O2S. The molecule has 0 saturated heterocycles. The molecule has 0 spiro atoms. The molecule has 0 fully saturated rings. The maximum Gasteiger partial charge on any atom is 0.210 e. The molecule has 0 saturated carbocycles. The Morgan fingerprint density at radius 1 is 1.10 bits per heavy atom. The van der Waals surface area contributed by atoms with E-state index >= 15 is 0 Å². The number of primary sulfonamides is 1. The Kier molecular flexibility index (Phi) is 6.66. The van der Waals surface area contributed by atoms with Crippen molar-refractivity contribution in [2.45, 2.75) is 33.1 Å². The maximum atomic E-state index is 10.9. The fraction of sp³-hybridized carbons (Fsp3) is 0.667. The zero-order valence-electron chi connectivity index (χ0n) is 12.0. The monoisotopic (exact) mass is 301 g/mol. The van der Waals surface area contributed by atoms with Crippen LogP contribution in [-0.4, -0.2) is 37.2 Å². The molecule has 0 aliphatic heterocycles. The lowest BCUT2D eigenvalue weighted by molar-refractivity contribution is 0.598. The quantitative estimate of drug-likeness (QED) is 0.626. The molecule has 0 amide bonds. The lowest BCUT2D eigenvalue weighted by Gasteiger charge is -2.14. The Labute approximate surface area is 120 Å². The van der Waals surface area contributed by atoms with Gasteiger partial charge >= 0.3 is 0 Å². The number of hydrogen-bond donors (Lipinski definition) is 3. The highest BCUT2D eigenvalue weighted by molar-refractivity contribution is 7.89. The van der Waals surface area contributed by atoms with Gasteiger partial charge in [-0.1, -0.05) is 20.3 Å². The van der Waals surface area contributed by atoms with E-state index in [4.69, 9.17) is 5.14 Å². The summed E-state index contributed by atoms with van der Waals surface area (Å²) < 4.78 is 21.9. The normalized spacial score (nSPS) is 11.3. The second kappa shape index (κ2) is 8.01. The average Bonchev–Trinajstić information content (AvgIpc) is 2.37. The maximum absolute atomic E-state index is 10.9. The topological polar surface area (TPSA) is 110 Å². The van der Waals surface area contributed by atoms with Crippen LogP contribution in [0.1, 0.15) is 32.3 Å². The van der Waals surface area contributed by atoms with Crippen LogP contribution in [0.25, 0.3) is 0 Å². The van der Waals surface area contributed by atoms with Gasteiger partial charge < -0.3 is 10.6 Å². The van der Waals surface area contributed by atoms with Crippen molar-refractivity contribution in [3.63, 3.8) is 0 Å². The molecule has 4 N–H and O–H groups in total. The number of aromatic nitrogens is 2.